The molecule has 1 fully saturated rings. The number of hydrogen-bond donors (Lipinski definition) is 9. The van der Waals surface area contributed by atoms with Crippen molar-refractivity contribution in [1.82, 2.24) is 5.32 Å². The van der Waals surface area contributed by atoms with Crippen LogP contribution in [0.3, 0.4) is 0 Å². The zero-order chi connectivity index (χ0) is 37.4. The molecular formula is C36H68NO12P. The molecule has 0 saturated heterocycles. The predicted molar refractivity (Wildman–Crippen MR) is 192 cm³/mol. The fraction of sp³-hybridized carbons (Fsp3) is 0.861. The second kappa shape index (κ2) is 27.4. The summed E-state index contributed by atoms with van der Waals surface area (Å²) in [5, 5.41) is 73.8. The lowest BCUT2D eigenvalue weighted by molar-refractivity contribution is -0.220. The van der Waals surface area contributed by atoms with Gasteiger partial charge >= 0.3 is 7.82 Å². The van der Waals surface area contributed by atoms with Crippen molar-refractivity contribution >= 4 is 13.7 Å². The first-order valence-electron chi connectivity index (χ1n) is 18.9. The molecular weight excluding hydrogens is 669 g/mol. The molecule has 0 bridgehead atoms. The first-order chi connectivity index (χ1) is 23.8. The summed E-state index contributed by atoms with van der Waals surface area (Å²) in [5.74, 6) is -0.609. The van der Waals surface area contributed by atoms with Gasteiger partial charge in [0.25, 0.3) is 0 Å². The third-order valence-electron chi connectivity index (χ3n) is 9.04. The van der Waals surface area contributed by atoms with E-state index in [9.17, 15) is 50.0 Å². The molecule has 8 unspecified atom stereocenters. The quantitative estimate of drug-likeness (QED) is 0.0301. The summed E-state index contributed by atoms with van der Waals surface area (Å²) in [7, 11) is -5.13. The van der Waals surface area contributed by atoms with Crippen molar-refractivity contribution in [3.8, 4) is 0 Å². The molecule has 1 rings (SSSR count). The lowest BCUT2D eigenvalue weighted by atomic mass is 9.85. The Morgan fingerprint density at radius 1 is 0.700 bits per heavy atom. The maximum Gasteiger partial charge on any atom is 0.472 e. The van der Waals surface area contributed by atoms with Gasteiger partial charge in [-0.15, -0.1) is 0 Å². The maximum atomic E-state index is 12.8. The van der Waals surface area contributed by atoms with Crippen LogP contribution in [0, 0.1) is 0 Å². The molecule has 14 heteroatoms. The van der Waals surface area contributed by atoms with E-state index in [2.05, 4.69) is 31.3 Å². The molecule has 0 radical (unpaired) electrons. The highest BCUT2D eigenvalue weighted by atomic mass is 31.2. The molecule has 294 valence electrons. The molecule has 0 aliphatic heterocycles. The zero-order valence-electron chi connectivity index (χ0n) is 30.3. The van der Waals surface area contributed by atoms with Crippen LogP contribution < -0.4 is 5.32 Å². The van der Waals surface area contributed by atoms with Crippen molar-refractivity contribution in [3.05, 3.63) is 24.3 Å². The standard InChI is InChI=1S/C36H68NO12P/c1-3-5-7-9-11-12-13-14-15-16-18-20-22-24-29(39)28(37-30(40)25-27(38)23-21-19-17-10-8-6-4-2)26-48-50(46,47)49-36-34(44)32(42)31(41)33(43)35(36)45/h15-16,22,24,27-29,31-36,38-39,41-45H,3-14,17-21,23,25-26H2,1-2H3,(H,37,40)(H,46,47)/b16-15+,24-22+. The van der Waals surface area contributed by atoms with Crippen molar-refractivity contribution in [2.45, 2.75) is 191 Å². The number of allylic oxidation sites excluding steroid dienone is 3. The fourth-order valence-electron chi connectivity index (χ4n) is 5.84. The molecule has 0 heterocycles. The minimum atomic E-state index is -5.13. The smallest absolute Gasteiger partial charge is 0.393 e. The number of rotatable bonds is 29. The molecule has 1 amide bonds. The van der Waals surface area contributed by atoms with Gasteiger partial charge in [0.05, 0.1) is 31.3 Å². The van der Waals surface area contributed by atoms with Crippen molar-refractivity contribution in [2.75, 3.05) is 6.61 Å². The van der Waals surface area contributed by atoms with Gasteiger partial charge < -0.3 is 46.0 Å². The van der Waals surface area contributed by atoms with Crippen LogP contribution in [0.2, 0.25) is 0 Å². The summed E-state index contributed by atoms with van der Waals surface area (Å²) in [6.45, 7) is 3.61. The van der Waals surface area contributed by atoms with E-state index in [0.29, 0.717) is 12.8 Å². The topological polar surface area (TPSA) is 226 Å². The average molecular weight is 738 g/mol. The number of unbranched alkanes of at least 4 members (excludes halogenated alkanes) is 14. The van der Waals surface area contributed by atoms with Crippen LogP contribution in [0.4, 0.5) is 0 Å². The summed E-state index contributed by atoms with van der Waals surface area (Å²) < 4.78 is 22.6. The van der Waals surface area contributed by atoms with Gasteiger partial charge in [-0.05, 0) is 32.1 Å². The second-order valence-electron chi connectivity index (χ2n) is 13.6. The molecule has 0 aromatic carbocycles. The van der Waals surface area contributed by atoms with E-state index in [4.69, 9.17) is 9.05 Å². The number of aliphatic hydroxyl groups is 7. The molecule has 0 spiro atoms. The Balaban J connectivity index is 2.72. The maximum absolute atomic E-state index is 12.8. The SMILES string of the molecule is CCCCCCCCC/C=C/CC/C=C/C(O)C(COP(=O)(O)OC1C(O)C(O)C(O)C(O)C1O)NC(=O)CC(O)CCCCCCCCC. The third kappa shape index (κ3) is 20.1. The number of hydrogen-bond acceptors (Lipinski definition) is 11. The van der Waals surface area contributed by atoms with Crippen LogP contribution in [-0.4, -0.2) is 108 Å². The molecule has 0 aromatic heterocycles. The molecule has 0 aromatic rings. The highest BCUT2D eigenvalue weighted by molar-refractivity contribution is 7.47. The molecule has 8 atom stereocenters. The second-order valence-corrected chi connectivity index (χ2v) is 15.0. The molecule has 1 aliphatic rings. The number of carbonyl (C=O) groups excluding carboxylic acids is 1. The van der Waals surface area contributed by atoms with Crippen molar-refractivity contribution in [1.29, 1.82) is 0 Å². The van der Waals surface area contributed by atoms with Gasteiger partial charge in [0, 0.05) is 0 Å². The van der Waals surface area contributed by atoms with E-state index in [-0.39, 0.29) is 6.42 Å². The van der Waals surface area contributed by atoms with Crippen molar-refractivity contribution < 1.29 is 59.0 Å². The monoisotopic (exact) mass is 737 g/mol. The lowest BCUT2D eigenvalue weighted by Crippen LogP contribution is -2.64. The Kier molecular flexibility index (Phi) is 25.6. The van der Waals surface area contributed by atoms with Crippen LogP contribution in [0.15, 0.2) is 24.3 Å². The van der Waals surface area contributed by atoms with E-state index < -0.39 is 75.2 Å². The average Bonchev–Trinajstić information content (AvgIpc) is 3.08. The number of amides is 1. The minimum Gasteiger partial charge on any atom is -0.393 e. The Hall–Kier alpha value is -1.22. The Morgan fingerprint density at radius 2 is 1.18 bits per heavy atom. The fourth-order valence-corrected chi connectivity index (χ4v) is 6.81. The first-order valence-corrected chi connectivity index (χ1v) is 20.4. The van der Waals surface area contributed by atoms with Crippen molar-refractivity contribution in [2.24, 2.45) is 0 Å². The highest BCUT2D eigenvalue weighted by Gasteiger charge is 2.51. The summed E-state index contributed by atoms with van der Waals surface area (Å²) in [6.07, 6.45) is 11.8. The molecule has 13 nitrogen and oxygen atoms in total. The lowest BCUT2D eigenvalue weighted by Gasteiger charge is -2.41. The van der Waals surface area contributed by atoms with Crippen molar-refractivity contribution in [3.63, 3.8) is 0 Å². The highest BCUT2D eigenvalue weighted by Crippen LogP contribution is 2.47. The van der Waals surface area contributed by atoms with Gasteiger partial charge in [0.15, 0.2) is 0 Å². The number of aliphatic hydroxyl groups excluding tert-OH is 7. The third-order valence-corrected chi connectivity index (χ3v) is 10.0. The Labute approximate surface area is 299 Å². The van der Waals surface area contributed by atoms with E-state index in [1.54, 1.807) is 6.08 Å². The van der Waals surface area contributed by atoms with Crippen LogP contribution >= 0.6 is 7.82 Å². The molecule has 1 saturated carbocycles. The summed E-state index contributed by atoms with van der Waals surface area (Å²) in [5.41, 5.74) is 0. The summed E-state index contributed by atoms with van der Waals surface area (Å²) in [4.78, 5) is 23.2. The first kappa shape index (κ1) is 46.8. The van der Waals surface area contributed by atoms with E-state index in [1.165, 1.54) is 57.4 Å². The van der Waals surface area contributed by atoms with Crippen LogP contribution in [0.1, 0.15) is 136 Å². The van der Waals surface area contributed by atoms with Gasteiger partial charge in [0.2, 0.25) is 5.91 Å². The largest absolute Gasteiger partial charge is 0.472 e. The molecule has 50 heavy (non-hydrogen) atoms. The number of phosphoric acid groups is 1. The van der Waals surface area contributed by atoms with Gasteiger partial charge in [0.1, 0.15) is 36.6 Å². The van der Waals surface area contributed by atoms with Gasteiger partial charge in [-0.3, -0.25) is 13.8 Å². The van der Waals surface area contributed by atoms with Gasteiger partial charge in [-0.2, -0.15) is 0 Å². The summed E-state index contributed by atoms with van der Waals surface area (Å²) in [6, 6.07) is -1.25. The minimum absolute atomic E-state index is 0.252. The number of carbonyl (C=O) groups is 1. The van der Waals surface area contributed by atoms with Crippen LogP contribution in [0.25, 0.3) is 0 Å². The van der Waals surface area contributed by atoms with Gasteiger partial charge in [-0.25, -0.2) is 4.57 Å². The Bertz CT molecular complexity index is 969. The van der Waals surface area contributed by atoms with Crippen LogP contribution in [-0.2, 0) is 18.4 Å². The summed E-state index contributed by atoms with van der Waals surface area (Å²) >= 11 is 0. The van der Waals surface area contributed by atoms with Crippen LogP contribution in [0.5, 0.6) is 0 Å². The zero-order valence-corrected chi connectivity index (χ0v) is 31.2. The Morgan fingerprint density at radius 3 is 1.76 bits per heavy atom. The number of phosphoric ester groups is 1. The molecule has 1 aliphatic carbocycles. The predicted octanol–water partition coefficient (Wildman–Crippen LogP) is 4.08. The van der Waals surface area contributed by atoms with E-state index in [1.807, 2.05) is 0 Å². The van der Waals surface area contributed by atoms with Gasteiger partial charge in [-0.1, -0.05) is 122 Å². The van der Waals surface area contributed by atoms with E-state index >= 15 is 0 Å². The molecule has 9 N–H and O–H groups in total. The normalized spacial score (nSPS) is 25.9. The number of nitrogens with one attached hydrogen (secondary N) is 1. The van der Waals surface area contributed by atoms with E-state index in [0.717, 1.165) is 51.4 Å².